The molecule has 2 N–H and O–H groups in total. The van der Waals surface area contributed by atoms with Crippen LogP contribution < -0.4 is 10.6 Å². The molecule has 5 heterocycles. The molecule has 2 saturated heterocycles. The van der Waals surface area contributed by atoms with Crippen molar-refractivity contribution < 1.29 is 50.1 Å². The highest BCUT2D eigenvalue weighted by Gasteiger charge is 2.57. The van der Waals surface area contributed by atoms with E-state index in [0.29, 0.717) is 13.1 Å². The van der Waals surface area contributed by atoms with Crippen molar-refractivity contribution in [3.63, 3.8) is 0 Å². The number of nitrogens with one attached hydrogen (secondary N) is 2. The van der Waals surface area contributed by atoms with E-state index in [1.54, 1.807) is 0 Å². The summed E-state index contributed by atoms with van der Waals surface area (Å²) >= 11 is 5.77. The van der Waals surface area contributed by atoms with Crippen LogP contribution in [0, 0.1) is 0 Å². The number of anilines is 2. The van der Waals surface area contributed by atoms with Gasteiger partial charge in [-0.3, -0.25) is 4.57 Å². The van der Waals surface area contributed by atoms with E-state index in [4.69, 9.17) is 30.8 Å². The number of imidazole rings is 1. The Morgan fingerprint density at radius 1 is 0.850 bits per heavy atom. The van der Waals surface area contributed by atoms with Gasteiger partial charge in [-0.1, -0.05) is 67.1 Å². The van der Waals surface area contributed by atoms with Crippen molar-refractivity contribution >= 4 is 46.5 Å². The van der Waals surface area contributed by atoms with E-state index in [1.165, 1.54) is 0 Å². The van der Waals surface area contributed by atoms with Gasteiger partial charge in [0.1, 0.15) is 0 Å². The molecular weight excluding hydrogens is 828 g/mol. The fourth-order valence-corrected chi connectivity index (χ4v) is 7.21. The lowest BCUT2D eigenvalue weighted by molar-refractivity contribution is -0.221. The van der Waals surface area contributed by atoms with Crippen LogP contribution in [0.2, 0.25) is 0 Å². The quantitative estimate of drug-likeness (QED) is 0.0776. The lowest BCUT2D eigenvalue weighted by Crippen LogP contribution is -2.42. The van der Waals surface area contributed by atoms with Gasteiger partial charge in [0.05, 0.1) is 12.9 Å². The molecule has 7 rings (SSSR count). The molecule has 2 aliphatic rings. The monoisotopic (exact) mass is 865 g/mol. The highest BCUT2D eigenvalue weighted by molar-refractivity contribution is 6.17. The Balaban J connectivity index is 1.30. The molecule has 60 heavy (non-hydrogen) atoms. The third kappa shape index (κ3) is 9.87. The van der Waals surface area contributed by atoms with Gasteiger partial charge in [-0.2, -0.15) is 41.1 Å². The number of halogens is 7. The average molecular weight is 866 g/mol. The van der Waals surface area contributed by atoms with Crippen LogP contribution in [-0.4, -0.2) is 120 Å². The lowest BCUT2D eigenvalue weighted by Gasteiger charge is -2.26. The van der Waals surface area contributed by atoms with Crippen molar-refractivity contribution in [3.05, 3.63) is 83.9 Å². The average Bonchev–Trinajstić information content (AvgIpc) is 3.96. The maximum atomic E-state index is 13.8. The third-order valence-electron chi connectivity index (χ3n) is 9.88. The van der Waals surface area contributed by atoms with E-state index >= 15 is 0 Å². The van der Waals surface area contributed by atoms with Gasteiger partial charge in [0.25, 0.3) is 0 Å². The Kier molecular flexibility index (Phi) is 13.0. The summed E-state index contributed by atoms with van der Waals surface area (Å²) in [6.45, 7) is 3.09. The molecule has 0 amide bonds. The van der Waals surface area contributed by atoms with Crippen molar-refractivity contribution in [3.8, 4) is 0 Å². The van der Waals surface area contributed by atoms with Gasteiger partial charge >= 0.3 is 24.3 Å². The Labute approximate surface area is 342 Å². The van der Waals surface area contributed by atoms with E-state index in [-0.39, 0.29) is 47.8 Å². The summed E-state index contributed by atoms with van der Waals surface area (Å²) < 4.78 is 98.7. The minimum atomic E-state index is -5.63. The normalized spacial score (nSPS) is 20.1. The number of fused-ring (bicyclic) bond motifs is 1. The number of ether oxygens (including phenoxy) is 3. The van der Waals surface area contributed by atoms with E-state index in [1.807, 2.05) is 60.7 Å². The number of piperidine rings is 1. The first-order valence-electron chi connectivity index (χ1n) is 18.9. The first kappa shape index (κ1) is 42.5. The van der Waals surface area contributed by atoms with Gasteiger partial charge in [0.2, 0.25) is 11.8 Å². The smallest absolute Gasteiger partial charge is 0.448 e. The van der Waals surface area contributed by atoms with Crippen molar-refractivity contribution in [1.82, 2.24) is 44.6 Å². The number of tetrazole rings is 1. The van der Waals surface area contributed by atoms with Crippen LogP contribution in [0.4, 0.5) is 38.1 Å². The van der Waals surface area contributed by atoms with Crippen molar-refractivity contribution in [2.24, 2.45) is 0 Å². The van der Waals surface area contributed by atoms with E-state index < -0.39 is 54.7 Å². The number of rotatable bonds is 15. The van der Waals surface area contributed by atoms with Crippen molar-refractivity contribution in [1.29, 1.82) is 0 Å². The maximum Gasteiger partial charge on any atom is 0.490 e. The molecule has 0 saturated carbocycles. The highest BCUT2D eigenvalue weighted by Crippen LogP contribution is 2.44. The zero-order valence-corrected chi connectivity index (χ0v) is 32.3. The molecule has 2 fully saturated rings. The van der Waals surface area contributed by atoms with Crippen LogP contribution in [0.25, 0.3) is 11.2 Å². The number of benzene rings is 2. The molecule has 0 bridgehead atoms. The molecule has 3 aromatic heterocycles. The molecule has 16 nitrogen and oxygen atoms in total. The first-order chi connectivity index (χ1) is 28.8. The van der Waals surface area contributed by atoms with Gasteiger partial charge in [0.15, 0.2) is 41.5 Å². The molecule has 2 aromatic carbocycles. The maximum absolute atomic E-state index is 13.8. The number of aryl methyl sites for hydroxylation is 1. The topological polar surface area (TPSA) is 176 Å². The minimum absolute atomic E-state index is 0.0226. The second-order valence-electron chi connectivity index (χ2n) is 13.9. The number of hydrogen-bond donors (Lipinski definition) is 2. The number of alkyl halides is 7. The number of likely N-dealkylation sites (tertiary alicyclic amines) is 1. The fourth-order valence-electron chi connectivity index (χ4n) is 7.06. The Bertz CT molecular complexity index is 2190. The number of hydrogen-bond acceptors (Lipinski definition) is 14. The fraction of sp³-hybridized carbons (Fsp3) is 0.459. The summed E-state index contributed by atoms with van der Waals surface area (Å²) in [7, 11) is 0. The minimum Gasteiger partial charge on any atom is -0.448 e. The summed E-state index contributed by atoms with van der Waals surface area (Å²) in [6.07, 6.45) is -15.6. The summed E-state index contributed by atoms with van der Waals surface area (Å²) in [4.78, 5) is 41.6. The molecule has 0 radical (unpaired) electrons. The van der Waals surface area contributed by atoms with Gasteiger partial charge in [-0.05, 0) is 42.3 Å². The predicted octanol–water partition coefficient (Wildman–Crippen LogP) is 5.41. The zero-order valence-electron chi connectivity index (χ0n) is 31.5. The Hall–Kier alpha value is -5.61. The molecular formula is C37H38ClF6N11O5. The van der Waals surface area contributed by atoms with E-state index in [9.17, 15) is 35.9 Å². The zero-order chi connectivity index (χ0) is 42.4. The number of nitrogens with zero attached hydrogens (tertiary/aromatic N) is 9. The number of carbonyl (C=O) groups is 2. The summed E-state index contributed by atoms with van der Waals surface area (Å²) in [5, 5.41) is 18.0. The van der Waals surface area contributed by atoms with Crippen LogP contribution >= 0.6 is 11.6 Å². The molecule has 2 aliphatic heterocycles. The SMILES string of the molecule is O=C(O[C@@H]1[C@@H](OC(=O)C(F)(F)F)[C@H](n2cnc3c(NCC(c4ccccc4)c4ccccc4)nc(NCCN4CCCCC4)nc32)O[C@@H]1c1nnn(CCCl)n1)C(F)(F)F. The van der Waals surface area contributed by atoms with Crippen molar-refractivity contribution in [2.45, 2.75) is 68.6 Å². The van der Waals surface area contributed by atoms with Crippen LogP contribution in [0.5, 0.6) is 0 Å². The molecule has 320 valence electrons. The lowest BCUT2D eigenvalue weighted by atomic mass is 9.91. The highest BCUT2D eigenvalue weighted by atomic mass is 35.5. The second kappa shape index (κ2) is 18.3. The summed E-state index contributed by atoms with van der Waals surface area (Å²) in [5.41, 5.74) is 1.92. The van der Waals surface area contributed by atoms with Crippen molar-refractivity contribution in [2.75, 3.05) is 49.2 Å². The third-order valence-corrected chi connectivity index (χ3v) is 10.0. The molecule has 0 unspecified atom stereocenters. The van der Waals surface area contributed by atoms with E-state index in [0.717, 1.165) is 59.2 Å². The molecule has 0 spiro atoms. The van der Waals surface area contributed by atoms with Crippen LogP contribution in [0.3, 0.4) is 0 Å². The summed E-state index contributed by atoms with van der Waals surface area (Å²) in [6, 6.07) is 19.3. The van der Waals surface area contributed by atoms with Gasteiger partial charge in [-0.15, -0.1) is 21.8 Å². The standard InChI is InChI=1S/C37H38ClF6N11O5/c38-14-18-55-51-30(50-52-55)27-26(59-33(56)36(39,40)41)28(60-34(57)37(42,43)44)32(58-27)54-21-47-25-29(48-35(49-31(25)54)45-15-19-53-16-8-3-9-17-53)46-20-24(22-10-4-1-5-11-22)23-12-6-2-7-13-23/h1-2,4-7,10-13,21,24,26-28,32H,3,8-9,14-20H2,(H2,45,46,48,49)/t26-,27-,28+,32+/m0/s1. The molecule has 23 heteroatoms. The van der Waals surface area contributed by atoms with Gasteiger partial charge < -0.3 is 29.7 Å². The Morgan fingerprint density at radius 2 is 1.48 bits per heavy atom. The van der Waals surface area contributed by atoms with Crippen LogP contribution in [0.15, 0.2) is 67.0 Å². The number of aromatic nitrogens is 8. The number of carbonyl (C=O) groups excluding carboxylic acids is 2. The van der Waals surface area contributed by atoms with E-state index in [2.05, 4.69) is 40.9 Å². The Morgan fingerprint density at radius 3 is 2.10 bits per heavy atom. The van der Waals surface area contributed by atoms with Crippen LogP contribution in [0.1, 0.15) is 54.5 Å². The van der Waals surface area contributed by atoms with Crippen LogP contribution in [-0.2, 0) is 30.3 Å². The predicted molar refractivity (Wildman–Crippen MR) is 201 cm³/mol. The van der Waals surface area contributed by atoms with Gasteiger partial charge in [0, 0.05) is 31.4 Å². The summed E-state index contributed by atoms with van der Waals surface area (Å²) in [5.74, 6) is -6.11. The number of esters is 2. The molecule has 0 aliphatic carbocycles. The molecule has 5 aromatic rings. The molecule has 4 atom stereocenters. The van der Waals surface area contributed by atoms with Gasteiger partial charge in [-0.25, -0.2) is 14.6 Å². The largest absolute Gasteiger partial charge is 0.490 e. The first-order valence-corrected chi connectivity index (χ1v) is 19.4. The second-order valence-corrected chi connectivity index (χ2v) is 14.3.